The second-order valence-electron chi connectivity index (χ2n) is 16.1. The lowest BCUT2D eigenvalue weighted by molar-refractivity contribution is 0.668. The third kappa shape index (κ3) is 5.54. The molecule has 65 heavy (non-hydrogen) atoms. The molecule has 4 nitrogen and oxygen atoms in total. The molecular formula is C46H12B15N3O. The van der Waals surface area contributed by atoms with E-state index >= 15 is 0 Å². The average molecular weight is 785 g/mol. The number of nitrogens with zero attached hydrogens (tertiary/aromatic N) is 3. The van der Waals surface area contributed by atoms with Gasteiger partial charge in [-0.15, -0.1) is 49.2 Å². The molecule has 0 saturated carbocycles. The first kappa shape index (κ1) is 41.9. The van der Waals surface area contributed by atoms with Crippen LogP contribution in [0.15, 0.2) is 77.2 Å². The predicted molar refractivity (Wildman–Crippen MR) is 287 cm³/mol. The van der Waals surface area contributed by atoms with Crippen molar-refractivity contribution in [2.45, 2.75) is 0 Å². The normalized spacial score (nSPS) is 12.0. The number of hydrogen-bond donors (Lipinski definition) is 0. The van der Waals surface area contributed by atoms with E-state index in [0.29, 0.717) is 27.7 Å². The van der Waals surface area contributed by atoms with E-state index in [2.05, 4.69) is 18.2 Å². The minimum atomic E-state index is -0.00531. The van der Waals surface area contributed by atoms with Crippen LogP contribution in [0.1, 0.15) is 0 Å². The van der Waals surface area contributed by atoms with Crippen molar-refractivity contribution in [3.8, 4) is 39.5 Å². The third-order valence-electron chi connectivity index (χ3n) is 12.8. The number of aromatic nitrogens is 3. The highest BCUT2D eigenvalue weighted by Gasteiger charge is 2.28. The van der Waals surface area contributed by atoms with Gasteiger partial charge >= 0.3 is 0 Å². The lowest BCUT2D eigenvalue weighted by Gasteiger charge is -2.23. The van der Waals surface area contributed by atoms with Gasteiger partial charge < -0.3 is 8.98 Å². The summed E-state index contributed by atoms with van der Waals surface area (Å²) in [4.78, 5) is 9.96. The molecule has 19 heteroatoms. The fourth-order valence-corrected chi connectivity index (χ4v) is 9.49. The first-order valence-electron chi connectivity index (χ1n) is 20.0. The maximum Gasteiger partial charge on any atom is 0.180 e. The highest BCUT2D eigenvalue weighted by Crippen LogP contribution is 2.48. The summed E-state index contributed by atoms with van der Waals surface area (Å²) in [6.07, 6.45) is 0. The molecule has 0 fully saturated rings. The van der Waals surface area contributed by atoms with Gasteiger partial charge in [-0.05, 0) is 45.5 Å². The molecule has 0 saturated heterocycles. The van der Waals surface area contributed by atoms with E-state index in [4.69, 9.17) is 132 Å². The zero-order valence-electron chi connectivity index (χ0n) is 34.3. The van der Waals surface area contributed by atoms with Crippen molar-refractivity contribution in [3.05, 3.63) is 72.8 Å². The van der Waals surface area contributed by atoms with Crippen molar-refractivity contribution in [1.29, 1.82) is 0 Å². The summed E-state index contributed by atoms with van der Waals surface area (Å²) in [5.74, 6) is 0.00929. The Bertz CT molecular complexity index is 3890. The van der Waals surface area contributed by atoms with E-state index in [-0.39, 0.29) is 110 Å². The number of fused-ring (bicyclic) bond motifs is 6. The van der Waals surface area contributed by atoms with Crippen LogP contribution in [-0.2, 0) is 0 Å². The summed E-state index contributed by atoms with van der Waals surface area (Å²) in [7, 11) is 97.2. The molecule has 11 aromatic rings. The predicted octanol–water partition coefficient (Wildman–Crippen LogP) is -5.87. The van der Waals surface area contributed by atoms with Crippen LogP contribution in [-0.4, -0.2) is 132 Å². The fourth-order valence-electron chi connectivity index (χ4n) is 9.49. The first-order valence-corrected chi connectivity index (χ1v) is 20.0. The highest BCUT2D eigenvalue weighted by molar-refractivity contribution is 6.71. The summed E-state index contributed by atoms with van der Waals surface area (Å²) in [5, 5.41) is 6.36. The van der Waals surface area contributed by atoms with Crippen LogP contribution >= 0.6 is 0 Å². The monoisotopic (exact) mass is 787 g/mol. The van der Waals surface area contributed by atoms with E-state index in [1.165, 1.54) is 0 Å². The van der Waals surface area contributed by atoms with E-state index in [1.807, 2.05) is 59.2 Å². The second-order valence-corrected chi connectivity index (χ2v) is 16.1. The van der Waals surface area contributed by atoms with Crippen LogP contribution in [0.4, 0.5) is 0 Å². The minimum absolute atomic E-state index is 0.000790. The fraction of sp³-hybridized carbons (Fsp3) is 0. The lowest BCUT2D eigenvalue weighted by Crippen LogP contribution is -2.56. The van der Waals surface area contributed by atoms with Gasteiger partial charge in [-0.1, -0.05) is 87.4 Å². The Morgan fingerprint density at radius 3 is 1.45 bits per heavy atom. The molecule has 0 N–H and O–H groups in total. The van der Waals surface area contributed by atoms with Crippen LogP contribution < -0.4 is 81.9 Å². The van der Waals surface area contributed by atoms with Crippen molar-refractivity contribution >= 4 is 265 Å². The van der Waals surface area contributed by atoms with Gasteiger partial charge in [0.15, 0.2) is 11.4 Å². The largest absolute Gasteiger partial charge is 0.451 e. The van der Waals surface area contributed by atoms with E-state index < -0.39 is 0 Å². The molecule has 0 atom stereocenters. The number of furan rings is 1. The van der Waals surface area contributed by atoms with E-state index in [9.17, 15) is 0 Å². The molecule has 0 aliphatic rings. The summed E-state index contributed by atoms with van der Waals surface area (Å²) < 4.78 is 8.94. The van der Waals surface area contributed by atoms with Crippen LogP contribution in [0.3, 0.4) is 0 Å². The molecule has 0 aliphatic carbocycles. The molecule has 3 heterocycles. The Hall–Kier alpha value is -5.81. The van der Waals surface area contributed by atoms with Gasteiger partial charge in [0.2, 0.25) is 0 Å². The highest BCUT2D eigenvalue weighted by atomic mass is 16.3. The SMILES string of the molecule is [B]c1c([B])c([B])c(-c2nc(-c3c([B])c([B])c([B])c([B])c3[B])c3oc4c(-c5ccc6c7c5c5ccccc5c5cccc(c57)n6-c5c([B])c([B])c([B])c([B])c5[B])cccc4c3n2)c([B])c1[B]. The van der Waals surface area contributed by atoms with Crippen molar-refractivity contribution < 1.29 is 4.42 Å². The topological polar surface area (TPSA) is 43.9 Å². The van der Waals surface area contributed by atoms with Gasteiger partial charge in [0, 0.05) is 38.4 Å². The number of rotatable bonds is 4. The van der Waals surface area contributed by atoms with Crippen LogP contribution in [0.2, 0.25) is 0 Å². The molecule has 0 bridgehead atoms. The summed E-state index contributed by atoms with van der Waals surface area (Å²) in [5.41, 5.74) is 5.71. The second kappa shape index (κ2) is 14.6. The average Bonchev–Trinajstić information content (AvgIpc) is 3.86. The summed E-state index contributed by atoms with van der Waals surface area (Å²) >= 11 is 0. The minimum Gasteiger partial charge on any atom is -0.451 e. The molecule has 11 rings (SSSR count). The molecule has 0 aliphatic heterocycles. The number of hydrogen-bond acceptors (Lipinski definition) is 3. The van der Waals surface area contributed by atoms with Gasteiger partial charge in [0.05, 0.1) is 11.0 Å². The molecule has 262 valence electrons. The first-order chi connectivity index (χ1) is 31.0. The Morgan fingerprint density at radius 1 is 0.354 bits per heavy atom. The number of para-hydroxylation sites is 1. The zero-order chi connectivity index (χ0) is 45.8. The number of benzene rings is 8. The van der Waals surface area contributed by atoms with Crippen molar-refractivity contribution in [2.75, 3.05) is 0 Å². The standard InChI is InChI=1S/C46H12B15N3O/c47-26-24(27(48)31(52)34(55)30(26)51)42-45-41(62-46(63-42)25-28(49)32(53)35(56)33(54)29(25)50)18-9-3-8-17(44(18)65-45)16-11-12-20-23-21(16)14-6-2-1-5-13(14)15-7-4-10-19(22(15)23)64(20)43-39(60)37(58)36(57)38(59)40(43)61/h1-12H. The Labute approximate surface area is 394 Å². The van der Waals surface area contributed by atoms with E-state index in [0.717, 1.165) is 48.9 Å². The van der Waals surface area contributed by atoms with Crippen molar-refractivity contribution in [2.24, 2.45) is 0 Å². The summed E-state index contributed by atoms with van der Waals surface area (Å²) in [6, 6.07) is 24.0. The summed E-state index contributed by atoms with van der Waals surface area (Å²) in [6.45, 7) is 0. The molecule has 0 spiro atoms. The maximum atomic E-state index is 6.95. The Morgan fingerprint density at radius 2 is 0.831 bits per heavy atom. The molecule has 30 radical (unpaired) electrons. The zero-order valence-corrected chi connectivity index (χ0v) is 34.3. The van der Waals surface area contributed by atoms with Gasteiger partial charge in [0.25, 0.3) is 0 Å². The van der Waals surface area contributed by atoms with Gasteiger partial charge in [-0.3, -0.25) is 0 Å². The van der Waals surface area contributed by atoms with Crippen LogP contribution in [0.25, 0.3) is 105 Å². The Balaban J connectivity index is 1.29. The Kier molecular flexibility index (Phi) is 9.40. The molecular weight excluding hydrogens is 773 g/mol. The molecule has 0 unspecified atom stereocenters. The smallest absolute Gasteiger partial charge is 0.180 e. The lowest BCUT2D eigenvalue weighted by atomic mass is 9.60. The van der Waals surface area contributed by atoms with Crippen LogP contribution in [0, 0.1) is 0 Å². The molecule has 0 amide bonds. The molecule has 3 aromatic heterocycles. The van der Waals surface area contributed by atoms with Gasteiger partial charge in [-0.25, -0.2) is 9.97 Å². The van der Waals surface area contributed by atoms with Gasteiger partial charge in [0.1, 0.15) is 134 Å². The van der Waals surface area contributed by atoms with Gasteiger partial charge in [-0.2, -0.15) is 0 Å². The van der Waals surface area contributed by atoms with Crippen LogP contribution in [0.5, 0.6) is 0 Å². The third-order valence-corrected chi connectivity index (χ3v) is 12.8. The molecule has 8 aromatic carbocycles. The van der Waals surface area contributed by atoms with E-state index in [1.54, 1.807) is 0 Å². The quantitative estimate of drug-likeness (QED) is 0.132. The maximum absolute atomic E-state index is 6.95. The van der Waals surface area contributed by atoms with Crippen molar-refractivity contribution in [1.82, 2.24) is 14.5 Å². The van der Waals surface area contributed by atoms with Crippen molar-refractivity contribution in [3.63, 3.8) is 0 Å².